The van der Waals surface area contributed by atoms with E-state index in [9.17, 15) is 9.18 Å². The Morgan fingerprint density at radius 2 is 2.12 bits per heavy atom. The Bertz CT molecular complexity index is 845. The molecule has 0 N–H and O–H groups in total. The van der Waals surface area contributed by atoms with Gasteiger partial charge in [-0.05, 0) is 42.1 Å². The van der Waals surface area contributed by atoms with Crippen molar-refractivity contribution in [2.24, 2.45) is 0 Å². The molecule has 0 aliphatic carbocycles. The number of aromatic nitrogens is 2. The van der Waals surface area contributed by atoms with Gasteiger partial charge in [0.05, 0.1) is 5.56 Å². The minimum Gasteiger partial charge on any atom is -0.338 e. The maximum atomic E-state index is 13.0. The van der Waals surface area contributed by atoms with Crippen LogP contribution in [0.4, 0.5) is 4.39 Å². The Hall–Kier alpha value is -2.54. The fourth-order valence-electron chi connectivity index (χ4n) is 2.83. The van der Waals surface area contributed by atoms with Gasteiger partial charge < -0.3 is 9.42 Å². The van der Waals surface area contributed by atoms with E-state index in [0.717, 1.165) is 12.0 Å². The lowest BCUT2D eigenvalue weighted by Gasteiger charge is -2.15. The Morgan fingerprint density at radius 3 is 2.88 bits per heavy atom. The van der Waals surface area contributed by atoms with Crippen LogP contribution >= 0.6 is 11.3 Å². The first-order chi connectivity index (χ1) is 11.7. The zero-order valence-corrected chi connectivity index (χ0v) is 13.5. The van der Waals surface area contributed by atoms with Gasteiger partial charge >= 0.3 is 0 Å². The number of rotatable bonds is 3. The molecular formula is C17H14FN3O2S. The van der Waals surface area contributed by atoms with E-state index in [0.29, 0.717) is 30.4 Å². The number of hydrogen-bond acceptors (Lipinski definition) is 5. The van der Waals surface area contributed by atoms with Gasteiger partial charge in [0, 0.05) is 30.0 Å². The highest BCUT2D eigenvalue weighted by atomic mass is 32.1. The molecule has 0 radical (unpaired) electrons. The largest absolute Gasteiger partial charge is 0.338 e. The van der Waals surface area contributed by atoms with Crippen LogP contribution in [0.15, 0.2) is 45.6 Å². The molecule has 1 fully saturated rings. The van der Waals surface area contributed by atoms with Crippen LogP contribution in [0.1, 0.15) is 28.5 Å². The monoisotopic (exact) mass is 343 g/mol. The molecule has 5 nitrogen and oxygen atoms in total. The second-order valence-electron chi connectivity index (χ2n) is 5.71. The predicted molar refractivity (Wildman–Crippen MR) is 87.3 cm³/mol. The summed E-state index contributed by atoms with van der Waals surface area (Å²) in [5.41, 5.74) is 1.40. The number of amides is 1. The van der Waals surface area contributed by atoms with Gasteiger partial charge in [-0.25, -0.2) is 4.39 Å². The fourth-order valence-corrected chi connectivity index (χ4v) is 3.46. The minimum atomic E-state index is -0.349. The van der Waals surface area contributed by atoms with Crippen molar-refractivity contribution in [3.63, 3.8) is 0 Å². The summed E-state index contributed by atoms with van der Waals surface area (Å²) in [5, 5.41) is 7.97. The van der Waals surface area contributed by atoms with E-state index in [1.54, 1.807) is 16.2 Å². The van der Waals surface area contributed by atoms with Crippen LogP contribution in [0.2, 0.25) is 0 Å². The van der Waals surface area contributed by atoms with E-state index in [2.05, 4.69) is 10.1 Å². The highest BCUT2D eigenvalue weighted by molar-refractivity contribution is 7.08. The van der Waals surface area contributed by atoms with Gasteiger partial charge in [-0.15, -0.1) is 0 Å². The van der Waals surface area contributed by atoms with Gasteiger partial charge in [-0.3, -0.25) is 4.79 Å². The molecule has 1 aliphatic rings. The van der Waals surface area contributed by atoms with Gasteiger partial charge in [0.1, 0.15) is 5.82 Å². The zero-order chi connectivity index (χ0) is 16.5. The Balaban J connectivity index is 1.46. The molecule has 122 valence electrons. The topological polar surface area (TPSA) is 59.2 Å². The maximum absolute atomic E-state index is 13.0. The van der Waals surface area contributed by atoms with Crippen LogP contribution in [0.25, 0.3) is 11.5 Å². The highest BCUT2D eigenvalue weighted by Gasteiger charge is 2.31. The predicted octanol–water partition coefficient (Wildman–Crippen LogP) is 3.57. The number of benzene rings is 1. The molecule has 1 unspecified atom stereocenters. The molecular weight excluding hydrogens is 329 g/mol. The number of carbonyl (C=O) groups is 1. The van der Waals surface area contributed by atoms with Gasteiger partial charge in [-0.2, -0.15) is 16.3 Å². The molecule has 3 heterocycles. The van der Waals surface area contributed by atoms with Crippen LogP contribution < -0.4 is 0 Å². The van der Waals surface area contributed by atoms with Crippen LogP contribution in [-0.2, 0) is 0 Å². The van der Waals surface area contributed by atoms with E-state index in [-0.39, 0.29) is 17.6 Å². The van der Waals surface area contributed by atoms with Gasteiger partial charge in [0.15, 0.2) is 5.82 Å². The normalized spacial score (nSPS) is 17.4. The Morgan fingerprint density at radius 1 is 1.29 bits per heavy atom. The van der Waals surface area contributed by atoms with E-state index in [4.69, 9.17) is 4.52 Å². The first-order valence-electron chi connectivity index (χ1n) is 7.62. The average molecular weight is 343 g/mol. The number of halogens is 1. The number of hydrogen-bond donors (Lipinski definition) is 0. The summed E-state index contributed by atoms with van der Waals surface area (Å²) in [6, 6.07) is 7.54. The molecule has 0 saturated carbocycles. The number of carbonyl (C=O) groups excluding carboxylic acids is 1. The molecule has 0 spiro atoms. The number of likely N-dealkylation sites (tertiary alicyclic amines) is 1. The summed E-state index contributed by atoms with van der Waals surface area (Å²) in [5.74, 6) is 0.753. The molecule has 24 heavy (non-hydrogen) atoms. The lowest BCUT2D eigenvalue weighted by Crippen LogP contribution is -2.28. The zero-order valence-electron chi connectivity index (χ0n) is 12.7. The third-order valence-electron chi connectivity index (χ3n) is 4.14. The fraction of sp³-hybridized carbons (Fsp3) is 0.235. The molecule has 4 rings (SSSR count). The molecule has 1 aliphatic heterocycles. The number of thiophene rings is 1. The van der Waals surface area contributed by atoms with E-state index in [1.165, 1.54) is 24.3 Å². The van der Waals surface area contributed by atoms with E-state index >= 15 is 0 Å². The molecule has 1 saturated heterocycles. The maximum Gasteiger partial charge on any atom is 0.258 e. The summed E-state index contributed by atoms with van der Waals surface area (Å²) in [6.07, 6.45) is 0.787. The van der Waals surface area contributed by atoms with Crippen LogP contribution in [-0.4, -0.2) is 34.0 Å². The summed E-state index contributed by atoms with van der Waals surface area (Å²) < 4.78 is 18.3. The second-order valence-corrected chi connectivity index (χ2v) is 6.49. The van der Waals surface area contributed by atoms with Crippen molar-refractivity contribution in [2.45, 2.75) is 12.3 Å². The first kappa shape index (κ1) is 15.0. The second kappa shape index (κ2) is 6.16. The SMILES string of the molecule is O=C(c1ccc(F)cc1)N1CCC(c2noc(-c3ccsc3)n2)C1. The van der Waals surface area contributed by atoms with Crippen LogP contribution in [0.3, 0.4) is 0 Å². The van der Waals surface area contributed by atoms with Crippen molar-refractivity contribution in [3.8, 4) is 11.5 Å². The first-order valence-corrected chi connectivity index (χ1v) is 8.56. The summed E-state index contributed by atoms with van der Waals surface area (Å²) >= 11 is 1.57. The molecule has 1 aromatic carbocycles. The Labute approximate surface area is 141 Å². The molecule has 3 aromatic rings. The molecule has 0 bridgehead atoms. The molecule has 7 heteroatoms. The average Bonchev–Trinajstić information content (AvgIpc) is 3.33. The quantitative estimate of drug-likeness (QED) is 0.729. The Kier molecular flexibility index (Phi) is 3.86. The minimum absolute atomic E-state index is 0.0607. The van der Waals surface area contributed by atoms with Gasteiger partial charge in [-0.1, -0.05) is 5.16 Å². The van der Waals surface area contributed by atoms with Crippen molar-refractivity contribution in [1.82, 2.24) is 15.0 Å². The van der Waals surface area contributed by atoms with Crippen molar-refractivity contribution in [1.29, 1.82) is 0 Å². The van der Waals surface area contributed by atoms with Gasteiger partial charge in [0.25, 0.3) is 11.8 Å². The standard InChI is InChI=1S/C17H14FN3O2S/c18-14-3-1-11(2-4-14)17(22)21-7-5-12(9-21)15-19-16(23-20-15)13-6-8-24-10-13/h1-4,6,8,10,12H,5,7,9H2. The van der Waals surface area contributed by atoms with Crippen molar-refractivity contribution >= 4 is 17.2 Å². The van der Waals surface area contributed by atoms with Gasteiger partial charge in [0.2, 0.25) is 0 Å². The van der Waals surface area contributed by atoms with Crippen LogP contribution in [0.5, 0.6) is 0 Å². The lowest BCUT2D eigenvalue weighted by molar-refractivity contribution is 0.0790. The third-order valence-corrected chi connectivity index (χ3v) is 4.82. The smallest absolute Gasteiger partial charge is 0.258 e. The van der Waals surface area contributed by atoms with E-state index < -0.39 is 0 Å². The van der Waals surface area contributed by atoms with Crippen molar-refractivity contribution in [2.75, 3.05) is 13.1 Å². The summed E-state index contributed by atoms with van der Waals surface area (Å²) in [7, 11) is 0. The van der Waals surface area contributed by atoms with E-state index in [1.807, 2.05) is 16.8 Å². The van der Waals surface area contributed by atoms with Crippen molar-refractivity contribution < 1.29 is 13.7 Å². The highest BCUT2D eigenvalue weighted by Crippen LogP contribution is 2.28. The lowest BCUT2D eigenvalue weighted by atomic mass is 10.1. The summed E-state index contributed by atoms with van der Waals surface area (Å²) in [6.45, 7) is 1.17. The molecule has 1 atom stereocenters. The molecule has 2 aromatic heterocycles. The third kappa shape index (κ3) is 2.82. The summed E-state index contributed by atoms with van der Waals surface area (Å²) in [4.78, 5) is 18.7. The van der Waals surface area contributed by atoms with Crippen molar-refractivity contribution in [3.05, 3.63) is 58.3 Å². The molecule has 1 amide bonds. The van der Waals surface area contributed by atoms with Crippen LogP contribution in [0, 0.1) is 5.82 Å². The number of nitrogens with zero attached hydrogens (tertiary/aromatic N) is 3.